The number of ketones is 1. The summed E-state index contributed by atoms with van der Waals surface area (Å²) in [4.78, 5) is 21.8. The van der Waals surface area contributed by atoms with Crippen molar-refractivity contribution in [2.75, 3.05) is 19.5 Å². The maximum Gasteiger partial charge on any atom is 0.234 e. The van der Waals surface area contributed by atoms with E-state index in [2.05, 4.69) is 10.6 Å². The Hall–Kier alpha value is -0.610. The topological polar surface area (TPSA) is 58.2 Å². The molecule has 1 amide bonds. The smallest absolute Gasteiger partial charge is 0.234 e. The fourth-order valence-corrected chi connectivity index (χ4v) is 1.39. The molecule has 0 fully saturated rings. The van der Waals surface area contributed by atoms with Crippen molar-refractivity contribution in [3.63, 3.8) is 0 Å². The highest BCUT2D eigenvalue weighted by Crippen LogP contribution is 2.00. The Morgan fingerprint density at radius 2 is 2.00 bits per heavy atom. The second-order valence-corrected chi connectivity index (χ2v) is 3.70. The number of amides is 1. The van der Waals surface area contributed by atoms with Crippen LogP contribution in [0.2, 0.25) is 0 Å². The van der Waals surface area contributed by atoms with E-state index < -0.39 is 0 Å². The molecule has 0 aliphatic rings. The minimum Gasteiger partial charge on any atom is -0.355 e. The molecule has 1 atom stereocenters. The molecule has 0 heterocycles. The van der Waals surface area contributed by atoms with Crippen molar-refractivity contribution < 1.29 is 9.59 Å². The predicted octanol–water partition coefficient (Wildman–Crippen LogP) is 0.689. The normalized spacial score (nSPS) is 12.2. The average molecular weight is 235 g/mol. The van der Waals surface area contributed by atoms with E-state index in [1.807, 2.05) is 0 Å². The van der Waals surface area contributed by atoms with Crippen LogP contribution in [-0.4, -0.2) is 37.2 Å². The standard InChI is InChI=1S/C10H19ClN2O2/c1-8(14)9(12-2)5-3-4-6-13-10(15)7-11/h9,12H,3-7H2,1-2H3,(H,13,15). The van der Waals surface area contributed by atoms with E-state index in [1.165, 1.54) is 0 Å². The van der Waals surface area contributed by atoms with Crippen LogP contribution in [0.15, 0.2) is 0 Å². The quantitative estimate of drug-likeness (QED) is 0.480. The van der Waals surface area contributed by atoms with Crippen LogP contribution in [0.5, 0.6) is 0 Å². The number of alkyl halides is 1. The van der Waals surface area contributed by atoms with Gasteiger partial charge in [-0.15, -0.1) is 11.6 Å². The van der Waals surface area contributed by atoms with E-state index in [-0.39, 0.29) is 23.6 Å². The number of hydrogen-bond acceptors (Lipinski definition) is 3. The molecule has 0 saturated heterocycles. The number of hydrogen-bond donors (Lipinski definition) is 2. The van der Waals surface area contributed by atoms with Crippen molar-refractivity contribution in [3.8, 4) is 0 Å². The Bertz CT molecular complexity index is 210. The monoisotopic (exact) mass is 234 g/mol. The minimum absolute atomic E-state index is 0.00653. The molecular weight excluding hydrogens is 216 g/mol. The molecule has 0 aromatic rings. The summed E-state index contributed by atoms with van der Waals surface area (Å²) in [6, 6.07) is -0.0614. The Morgan fingerprint density at radius 3 is 2.47 bits per heavy atom. The van der Waals surface area contributed by atoms with Crippen molar-refractivity contribution >= 4 is 23.3 Å². The molecule has 0 aromatic carbocycles. The van der Waals surface area contributed by atoms with Gasteiger partial charge >= 0.3 is 0 Å². The minimum atomic E-state index is -0.145. The van der Waals surface area contributed by atoms with Crippen LogP contribution < -0.4 is 10.6 Å². The molecule has 0 saturated carbocycles. The lowest BCUT2D eigenvalue weighted by Crippen LogP contribution is -2.32. The Balaban J connectivity index is 3.45. The van der Waals surface area contributed by atoms with Gasteiger partial charge in [-0.25, -0.2) is 0 Å². The predicted molar refractivity (Wildman–Crippen MR) is 61.1 cm³/mol. The molecule has 2 N–H and O–H groups in total. The number of carbonyl (C=O) groups excluding carboxylic acids is 2. The van der Waals surface area contributed by atoms with Gasteiger partial charge in [0, 0.05) is 6.54 Å². The summed E-state index contributed by atoms with van der Waals surface area (Å²) in [5.74, 6) is 0.0164. The van der Waals surface area contributed by atoms with E-state index in [4.69, 9.17) is 11.6 Å². The third-order valence-corrected chi connectivity index (χ3v) is 2.45. The van der Waals surface area contributed by atoms with Gasteiger partial charge in [0.1, 0.15) is 11.7 Å². The van der Waals surface area contributed by atoms with E-state index in [1.54, 1.807) is 14.0 Å². The molecule has 0 bridgehead atoms. The SMILES string of the molecule is CNC(CCCCNC(=O)CCl)C(C)=O. The number of carbonyl (C=O) groups is 2. The highest BCUT2D eigenvalue weighted by atomic mass is 35.5. The lowest BCUT2D eigenvalue weighted by Gasteiger charge is -2.12. The highest BCUT2D eigenvalue weighted by Gasteiger charge is 2.10. The molecule has 0 aliphatic heterocycles. The number of rotatable bonds is 8. The van der Waals surface area contributed by atoms with Crippen molar-refractivity contribution in [2.24, 2.45) is 0 Å². The Labute approximate surface area is 95.7 Å². The molecule has 5 heteroatoms. The first-order chi connectivity index (χ1) is 7.11. The van der Waals surface area contributed by atoms with Gasteiger partial charge in [0.15, 0.2) is 0 Å². The summed E-state index contributed by atoms with van der Waals surface area (Å²) < 4.78 is 0. The second kappa shape index (κ2) is 8.68. The summed E-state index contributed by atoms with van der Waals surface area (Å²) in [7, 11) is 1.78. The van der Waals surface area contributed by atoms with Gasteiger partial charge in [0.25, 0.3) is 0 Å². The maximum atomic E-state index is 11.0. The van der Waals surface area contributed by atoms with Gasteiger partial charge in [0.2, 0.25) is 5.91 Å². The van der Waals surface area contributed by atoms with E-state index in [9.17, 15) is 9.59 Å². The van der Waals surface area contributed by atoms with Crippen LogP contribution in [0.1, 0.15) is 26.2 Å². The van der Waals surface area contributed by atoms with Crippen LogP contribution in [-0.2, 0) is 9.59 Å². The van der Waals surface area contributed by atoms with Gasteiger partial charge in [-0.3, -0.25) is 9.59 Å². The van der Waals surface area contributed by atoms with Crippen LogP contribution >= 0.6 is 11.6 Å². The third-order valence-electron chi connectivity index (χ3n) is 2.20. The Morgan fingerprint density at radius 1 is 1.33 bits per heavy atom. The average Bonchev–Trinajstić information content (AvgIpc) is 2.22. The molecule has 0 radical (unpaired) electrons. The van der Waals surface area contributed by atoms with Gasteiger partial charge in [0.05, 0.1) is 6.04 Å². The molecule has 1 unspecified atom stereocenters. The summed E-state index contributed by atoms with van der Waals surface area (Å²) in [5.41, 5.74) is 0. The number of unbranched alkanes of at least 4 members (excludes halogenated alkanes) is 1. The first-order valence-corrected chi connectivity index (χ1v) is 5.65. The molecule has 88 valence electrons. The van der Waals surface area contributed by atoms with Crippen LogP contribution in [0.3, 0.4) is 0 Å². The summed E-state index contributed by atoms with van der Waals surface area (Å²) >= 11 is 5.31. The van der Waals surface area contributed by atoms with Crippen molar-refractivity contribution in [1.82, 2.24) is 10.6 Å². The highest BCUT2D eigenvalue weighted by molar-refractivity contribution is 6.27. The van der Waals surface area contributed by atoms with Crippen molar-refractivity contribution in [1.29, 1.82) is 0 Å². The van der Waals surface area contributed by atoms with E-state index in [0.717, 1.165) is 19.3 Å². The van der Waals surface area contributed by atoms with Gasteiger partial charge in [-0.05, 0) is 33.2 Å². The molecule has 0 aromatic heterocycles. The number of Topliss-reactive ketones (excluding diaryl/α,β-unsaturated/α-hetero) is 1. The summed E-state index contributed by atoms with van der Waals surface area (Å²) in [6.07, 6.45) is 2.59. The molecule has 0 aliphatic carbocycles. The molecule has 0 spiro atoms. The molecule has 0 rings (SSSR count). The Kier molecular flexibility index (Phi) is 8.33. The summed E-state index contributed by atoms with van der Waals surface area (Å²) in [5, 5.41) is 5.63. The zero-order chi connectivity index (χ0) is 11.7. The van der Waals surface area contributed by atoms with E-state index >= 15 is 0 Å². The molecular formula is C10H19ClN2O2. The largest absolute Gasteiger partial charge is 0.355 e. The maximum absolute atomic E-state index is 11.0. The lowest BCUT2D eigenvalue weighted by molar-refractivity contribution is -0.119. The second-order valence-electron chi connectivity index (χ2n) is 3.43. The molecule has 4 nitrogen and oxygen atoms in total. The zero-order valence-corrected chi connectivity index (χ0v) is 10.1. The van der Waals surface area contributed by atoms with Gasteiger partial charge in [-0.2, -0.15) is 0 Å². The first kappa shape index (κ1) is 14.4. The lowest BCUT2D eigenvalue weighted by atomic mass is 10.1. The summed E-state index contributed by atoms with van der Waals surface area (Å²) in [6.45, 7) is 2.20. The third kappa shape index (κ3) is 7.33. The number of halogens is 1. The first-order valence-electron chi connectivity index (χ1n) is 5.12. The van der Waals surface area contributed by atoms with Crippen molar-refractivity contribution in [3.05, 3.63) is 0 Å². The number of likely N-dealkylation sites (N-methyl/N-ethyl adjacent to an activating group) is 1. The fraction of sp³-hybridized carbons (Fsp3) is 0.800. The van der Waals surface area contributed by atoms with Crippen LogP contribution in [0, 0.1) is 0 Å². The van der Waals surface area contributed by atoms with Crippen LogP contribution in [0.25, 0.3) is 0 Å². The fourth-order valence-electron chi connectivity index (χ4n) is 1.30. The number of nitrogens with one attached hydrogen (secondary N) is 2. The van der Waals surface area contributed by atoms with Crippen molar-refractivity contribution in [2.45, 2.75) is 32.2 Å². The van der Waals surface area contributed by atoms with E-state index in [0.29, 0.717) is 6.54 Å². The van der Waals surface area contributed by atoms with Crippen LogP contribution in [0.4, 0.5) is 0 Å². The zero-order valence-electron chi connectivity index (χ0n) is 9.31. The molecule has 15 heavy (non-hydrogen) atoms. The van der Waals surface area contributed by atoms with Gasteiger partial charge < -0.3 is 10.6 Å². The van der Waals surface area contributed by atoms with Gasteiger partial charge in [-0.1, -0.05) is 0 Å².